The molecule has 108 valence electrons. The number of pyridine rings is 1. The lowest BCUT2D eigenvalue weighted by atomic mass is 10.1. The minimum Gasteiger partial charge on any atom is -0.329 e. The van der Waals surface area contributed by atoms with Crippen LogP contribution < -0.4 is 0 Å². The maximum Gasteiger partial charge on any atom is 0.264 e. The summed E-state index contributed by atoms with van der Waals surface area (Å²) in [5.74, 6) is 0.185. The summed E-state index contributed by atoms with van der Waals surface area (Å²) in [7, 11) is 0. The summed E-state index contributed by atoms with van der Waals surface area (Å²) in [4.78, 5) is 21.2. The first-order valence-electron chi connectivity index (χ1n) is 7.64. The Morgan fingerprint density at radius 1 is 1.10 bits per heavy atom. The van der Waals surface area contributed by atoms with Gasteiger partial charge in [-0.2, -0.15) is 0 Å². The molecule has 0 unspecified atom stereocenters. The molecule has 0 saturated carbocycles. The minimum atomic E-state index is 0.185. The molecular weight excluding hydrogens is 280 g/mol. The van der Waals surface area contributed by atoms with Crippen LogP contribution in [0.1, 0.15) is 50.5 Å². The summed E-state index contributed by atoms with van der Waals surface area (Å²) >= 11 is 1.72. The van der Waals surface area contributed by atoms with E-state index in [1.807, 2.05) is 17.2 Å². The Balaban J connectivity index is 1.56. The quantitative estimate of drug-likeness (QED) is 0.754. The van der Waals surface area contributed by atoms with E-state index in [0.29, 0.717) is 6.54 Å². The Hall–Kier alpha value is -1.68. The van der Waals surface area contributed by atoms with Gasteiger partial charge in [0, 0.05) is 30.4 Å². The highest BCUT2D eigenvalue weighted by Gasteiger charge is 2.26. The smallest absolute Gasteiger partial charge is 0.264 e. The maximum atomic E-state index is 12.7. The number of aryl methyl sites for hydroxylation is 2. The summed E-state index contributed by atoms with van der Waals surface area (Å²) in [5, 5.41) is 0. The average Bonchev–Trinajstić information content (AvgIpc) is 3.05. The molecule has 4 heteroatoms. The Labute approximate surface area is 128 Å². The third-order valence-electron chi connectivity index (χ3n) is 4.47. The number of nitrogens with zero attached hydrogens (tertiary/aromatic N) is 2. The first-order chi connectivity index (χ1) is 10.3. The highest BCUT2D eigenvalue weighted by atomic mass is 32.1. The van der Waals surface area contributed by atoms with E-state index in [-0.39, 0.29) is 5.91 Å². The number of carbonyl (C=O) groups excluding carboxylic acids is 1. The zero-order valence-electron chi connectivity index (χ0n) is 12.0. The Kier molecular flexibility index (Phi) is 3.26. The molecule has 2 aliphatic rings. The number of carbonyl (C=O) groups is 1. The highest BCUT2D eigenvalue weighted by molar-refractivity contribution is 7.14. The van der Waals surface area contributed by atoms with Crippen LogP contribution in [0.25, 0.3) is 0 Å². The fraction of sp³-hybridized carbons (Fsp3) is 0.412. The normalized spacial score (nSPS) is 17.2. The van der Waals surface area contributed by atoms with Crippen molar-refractivity contribution in [2.45, 2.75) is 45.2 Å². The van der Waals surface area contributed by atoms with E-state index in [1.165, 1.54) is 40.8 Å². The predicted octanol–water partition coefficient (Wildman–Crippen LogP) is 3.57. The Bertz CT molecular complexity index is 643. The van der Waals surface area contributed by atoms with Gasteiger partial charge in [0.15, 0.2) is 0 Å². The van der Waals surface area contributed by atoms with E-state index < -0.39 is 0 Å². The van der Waals surface area contributed by atoms with Crippen molar-refractivity contribution in [3.05, 3.63) is 51.0 Å². The molecule has 1 aliphatic carbocycles. The van der Waals surface area contributed by atoms with Crippen LogP contribution in [0.15, 0.2) is 24.5 Å². The van der Waals surface area contributed by atoms with E-state index in [9.17, 15) is 4.79 Å². The number of hydrogen-bond donors (Lipinski definition) is 0. The summed E-state index contributed by atoms with van der Waals surface area (Å²) in [5.41, 5.74) is 3.83. The minimum absolute atomic E-state index is 0.185. The van der Waals surface area contributed by atoms with E-state index in [2.05, 4.69) is 11.1 Å². The number of hydrogen-bond acceptors (Lipinski definition) is 3. The number of thiophene rings is 1. The van der Waals surface area contributed by atoms with Gasteiger partial charge >= 0.3 is 0 Å². The second-order valence-corrected chi connectivity index (χ2v) is 7.06. The average molecular weight is 298 g/mol. The van der Waals surface area contributed by atoms with Crippen LogP contribution in [0.3, 0.4) is 0 Å². The Morgan fingerprint density at radius 3 is 2.86 bits per heavy atom. The van der Waals surface area contributed by atoms with Gasteiger partial charge in [-0.15, -0.1) is 11.3 Å². The van der Waals surface area contributed by atoms with Crippen molar-refractivity contribution in [3.8, 4) is 0 Å². The van der Waals surface area contributed by atoms with E-state index >= 15 is 0 Å². The van der Waals surface area contributed by atoms with Crippen LogP contribution in [0.5, 0.6) is 0 Å². The molecule has 0 fully saturated rings. The van der Waals surface area contributed by atoms with Crippen LogP contribution in [-0.2, 0) is 25.9 Å². The largest absolute Gasteiger partial charge is 0.329 e. The summed E-state index contributed by atoms with van der Waals surface area (Å²) in [6, 6.07) is 4.17. The van der Waals surface area contributed by atoms with Crippen LogP contribution in [0.2, 0.25) is 0 Å². The first kappa shape index (κ1) is 13.0. The van der Waals surface area contributed by atoms with Gasteiger partial charge in [0.25, 0.3) is 5.91 Å². The topological polar surface area (TPSA) is 33.2 Å². The van der Waals surface area contributed by atoms with E-state index in [1.54, 1.807) is 17.5 Å². The van der Waals surface area contributed by atoms with Crippen molar-refractivity contribution in [3.63, 3.8) is 0 Å². The zero-order chi connectivity index (χ0) is 14.2. The lowest BCUT2D eigenvalue weighted by Crippen LogP contribution is -2.24. The van der Waals surface area contributed by atoms with Gasteiger partial charge in [-0.25, -0.2) is 0 Å². The second kappa shape index (κ2) is 5.26. The lowest BCUT2D eigenvalue weighted by Gasteiger charge is -2.13. The molecule has 3 heterocycles. The van der Waals surface area contributed by atoms with Gasteiger partial charge in [0.05, 0.1) is 4.88 Å². The van der Waals surface area contributed by atoms with E-state index in [0.717, 1.165) is 24.3 Å². The third-order valence-corrected chi connectivity index (χ3v) is 5.70. The molecule has 0 radical (unpaired) electrons. The second-order valence-electron chi connectivity index (χ2n) is 5.93. The van der Waals surface area contributed by atoms with E-state index in [4.69, 9.17) is 0 Å². The van der Waals surface area contributed by atoms with Crippen LogP contribution in [-0.4, -0.2) is 15.8 Å². The third kappa shape index (κ3) is 2.38. The zero-order valence-corrected chi connectivity index (χ0v) is 12.8. The van der Waals surface area contributed by atoms with Gasteiger partial charge < -0.3 is 4.90 Å². The number of rotatable bonds is 1. The van der Waals surface area contributed by atoms with Crippen molar-refractivity contribution in [1.29, 1.82) is 0 Å². The van der Waals surface area contributed by atoms with Crippen molar-refractivity contribution < 1.29 is 4.79 Å². The van der Waals surface area contributed by atoms with Gasteiger partial charge in [-0.05, 0) is 54.5 Å². The molecule has 21 heavy (non-hydrogen) atoms. The molecule has 1 aliphatic heterocycles. The molecule has 3 nitrogen and oxygen atoms in total. The molecule has 0 spiro atoms. The van der Waals surface area contributed by atoms with Crippen molar-refractivity contribution in [1.82, 2.24) is 9.88 Å². The van der Waals surface area contributed by atoms with Crippen LogP contribution >= 0.6 is 11.3 Å². The van der Waals surface area contributed by atoms with Crippen LogP contribution in [0, 0.1) is 0 Å². The summed E-state index contributed by atoms with van der Waals surface area (Å²) < 4.78 is 0. The summed E-state index contributed by atoms with van der Waals surface area (Å²) in [6.45, 7) is 1.42. The van der Waals surface area contributed by atoms with Crippen molar-refractivity contribution >= 4 is 17.2 Å². The molecular formula is C17H18N2OS. The van der Waals surface area contributed by atoms with Gasteiger partial charge in [0.2, 0.25) is 0 Å². The standard InChI is InChI=1S/C17H18N2OS/c20-17(19-10-13-6-7-18-9-14(13)11-19)16-8-12-4-2-1-3-5-15(12)21-16/h6-9H,1-5,10-11H2. The number of fused-ring (bicyclic) bond motifs is 2. The maximum absolute atomic E-state index is 12.7. The molecule has 0 bridgehead atoms. The lowest BCUT2D eigenvalue weighted by molar-refractivity contribution is 0.0756. The summed E-state index contributed by atoms with van der Waals surface area (Å²) in [6.07, 6.45) is 9.83. The molecule has 2 aromatic heterocycles. The van der Waals surface area contributed by atoms with Gasteiger partial charge in [0.1, 0.15) is 0 Å². The molecule has 1 amide bonds. The molecule has 0 saturated heterocycles. The number of aromatic nitrogens is 1. The van der Waals surface area contributed by atoms with Crippen molar-refractivity contribution in [2.24, 2.45) is 0 Å². The first-order valence-corrected chi connectivity index (χ1v) is 8.45. The van der Waals surface area contributed by atoms with Gasteiger partial charge in [-0.1, -0.05) is 6.42 Å². The fourth-order valence-electron chi connectivity index (χ4n) is 3.29. The molecule has 4 rings (SSSR count). The highest BCUT2D eigenvalue weighted by Crippen LogP contribution is 2.31. The number of amides is 1. The van der Waals surface area contributed by atoms with Gasteiger partial charge in [-0.3, -0.25) is 9.78 Å². The fourth-order valence-corrected chi connectivity index (χ4v) is 4.51. The predicted molar refractivity (Wildman–Crippen MR) is 83.4 cm³/mol. The molecule has 2 aromatic rings. The molecule has 0 atom stereocenters. The molecule has 0 N–H and O–H groups in total. The Morgan fingerprint density at radius 2 is 1.95 bits per heavy atom. The SMILES string of the molecule is O=C(c1cc2c(s1)CCCCC2)N1Cc2ccncc2C1. The van der Waals surface area contributed by atoms with Crippen LogP contribution in [0.4, 0.5) is 0 Å². The molecule has 0 aromatic carbocycles. The monoisotopic (exact) mass is 298 g/mol. The van der Waals surface area contributed by atoms with Crippen molar-refractivity contribution in [2.75, 3.05) is 0 Å².